The van der Waals surface area contributed by atoms with Gasteiger partial charge in [0, 0.05) is 11.6 Å². The van der Waals surface area contributed by atoms with Crippen molar-refractivity contribution in [1.29, 1.82) is 0 Å². The van der Waals surface area contributed by atoms with Crippen molar-refractivity contribution in [2.75, 3.05) is 0 Å². The lowest BCUT2D eigenvalue weighted by molar-refractivity contribution is -0.124. The van der Waals surface area contributed by atoms with Crippen molar-refractivity contribution in [2.24, 2.45) is 0 Å². The van der Waals surface area contributed by atoms with E-state index in [1.807, 2.05) is 0 Å². The van der Waals surface area contributed by atoms with Crippen LogP contribution < -0.4 is 0 Å². The van der Waals surface area contributed by atoms with Crippen LogP contribution in [0.3, 0.4) is 0 Å². The van der Waals surface area contributed by atoms with Crippen LogP contribution in [0, 0.1) is 0 Å². The van der Waals surface area contributed by atoms with Crippen molar-refractivity contribution in [3.05, 3.63) is 31.6 Å². The van der Waals surface area contributed by atoms with Gasteiger partial charge in [-0.25, -0.2) is 0 Å². The van der Waals surface area contributed by atoms with E-state index in [9.17, 15) is 9.90 Å². The van der Waals surface area contributed by atoms with Crippen LogP contribution in [0.15, 0.2) is 11.0 Å². The summed E-state index contributed by atoms with van der Waals surface area (Å²) in [5.41, 5.74) is 0.365. The molecular weight excluding hydrogens is 409 g/mol. The van der Waals surface area contributed by atoms with Gasteiger partial charge in [-0.05, 0) is 25.0 Å². The summed E-state index contributed by atoms with van der Waals surface area (Å²) < 4.78 is 0.559. The molecule has 3 nitrogen and oxygen atoms in total. The number of carbonyl (C=O) groups is 1. The highest BCUT2D eigenvalue weighted by atomic mass is 35.5. The van der Waals surface area contributed by atoms with Gasteiger partial charge >= 0.3 is 0 Å². The number of hydrogen-bond acceptors (Lipinski definition) is 4. The minimum atomic E-state index is -0.253. The molecule has 2 aliphatic rings. The Kier molecular flexibility index (Phi) is 5.67. The maximum absolute atomic E-state index is 12.8. The molecule has 0 radical (unpaired) electrons. The summed E-state index contributed by atoms with van der Waals surface area (Å²) in [6.45, 7) is 0. The summed E-state index contributed by atoms with van der Waals surface area (Å²) in [5.74, 6) is -0.379. The second-order valence-electron chi connectivity index (χ2n) is 5.76. The Morgan fingerprint density at radius 2 is 1.88 bits per heavy atom. The lowest BCUT2D eigenvalue weighted by Crippen LogP contribution is -2.39. The van der Waals surface area contributed by atoms with Crippen molar-refractivity contribution in [3.63, 3.8) is 0 Å². The molecule has 1 amide bonds. The van der Waals surface area contributed by atoms with Crippen LogP contribution in [0.1, 0.15) is 37.7 Å². The van der Waals surface area contributed by atoms with Gasteiger partial charge in [0.15, 0.2) is 5.75 Å². The number of carbonyl (C=O) groups excluding carboxylic acids is 1. The van der Waals surface area contributed by atoms with Crippen molar-refractivity contribution >= 4 is 75.1 Å². The molecule has 1 aromatic carbocycles. The van der Waals surface area contributed by atoms with Gasteiger partial charge in [-0.1, -0.05) is 78.0 Å². The molecule has 0 bridgehead atoms. The Labute approximate surface area is 164 Å². The molecule has 128 valence electrons. The lowest BCUT2D eigenvalue weighted by Gasteiger charge is -2.29. The summed E-state index contributed by atoms with van der Waals surface area (Å²) >= 11 is 24.8. The van der Waals surface area contributed by atoms with Crippen molar-refractivity contribution in [2.45, 2.75) is 38.1 Å². The van der Waals surface area contributed by atoms with Gasteiger partial charge in [0.1, 0.15) is 4.32 Å². The van der Waals surface area contributed by atoms with Crippen LogP contribution in [0.2, 0.25) is 15.1 Å². The molecule has 0 spiro atoms. The van der Waals surface area contributed by atoms with E-state index in [2.05, 4.69) is 0 Å². The zero-order valence-electron chi connectivity index (χ0n) is 12.5. The molecule has 0 atom stereocenters. The first kappa shape index (κ1) is 18.3. The highest BCUT2D eigenvalue weighted by molar-refractivity contribution is 8.26. The molecule has 0 aromatic heterocycles. The second-order valence-corrected chi connectivity index (χ2v) is 8.63. The van der Waals surface area contributed by atoms with Gasteiger partial charge < -0.3 is 5.11 Å². The minimum Gasteiger partial charge on any atom is -0.505 e. The zero-order chi connectivity index (χ0) is 17.4. The van der Waals surface area contributed by atoms with Crippen LogP contribution in [0.5, 0.6) is 5.75 Å². The summed E-state index contributed by atoms with van der Waals surface area (Å²) in [4.78, 5) is 14.9. The summed E-state index contributed by atoms with van der Waals surface area (Å²) in [7, 11) is 0. The van der Waals surface area contributed by atoms with Gasteiger partial charge in [-0.2, -0.15) is 0 Å². The number of aromatic hydroxyl groups is 1. The van der Waals surface area contributed by atoms with Gasteiger partial charge in [0.2, 0.25) is 0 Å². The summed E-state index contributed by atoms with van der Waals surface area (Å²) in [6, 6.07) is 1.57. The Morgan fingerprint density at radius 1 is 1.21 bits per heavy atom. The molecule has 0 unspecified atom stereocenters. The number of thioether (sulfide) groups is 1. The third-order valence-corrected chi connectivity index (χ3v) is 6.53. The number of phenols is 1. The lowest BCUT2D eigenvalue weighted by atomic mass is 9.94. The first-order valence-electron chi connectivity index (χ1n) is 7.53. The Hall–Kier alpha value is -0.460. The number of halogens is 3. The van der Waals surface area contributed by atoms with E-state index in [1.165, 1.54) is 24.2 Å². The molecule has 1 aromatic rings. The van der Waals surface area contributed by atoms with Crippen molar-refractivity contribution < 1.29 is 9.90 Å². The molecule has 3 rings (SSSR count). The van der Waals surface area contributed by atoms with Gasteiger partial charge in [-0.15, -0.1) is 0 Å². The standard InChI is InChI=1S/C16H14Cl3NO2S2/c17-10-7-11(18)14(21)13(19)9(10)6-12-15(22)20(16(23)24-12)8-4-2-1-3-5-8/h6-8,21H,1-5H2/b12-6+. The maximum atomic E-state index is 12.8. The predicted octanol–water partition coefficient (Wildman–Crippen LogP) is 5.89. The topological polar surface area (TPSA) is 40.5 Å². The molecule has 8 heteroatoms. The largest absolute Gasteiger partial charge is 0.505 e. The number of amides is 1. The highest BCUT2D eigenvalue weighted by Crippen LogP contribution is 2.43. The smallest absolute Gasteiger partial charge is 0.266 e. The minimum absolute atomic E-state index is 0.0236. The first-order valence-corrected chi connectivity index (χ1v) is 9.89. The third kappa shape index (κ3) is 3.42. The second kappa shape index (κ2) is 7.42. The predicted molar refractivity (Wildman–Crippen MR) is 105 cm³/mol. The third-order valence-electron chi connectivity index (χ3n) is 4.22. The molecule has 1 saturated heterocycles. The van der Waals surface area contributed by atoms with Gasteiger partial charge in [0.05, 0.1) is 20.0 Å². The average Bonchev–Trinajstić information content (AvgIpc) is 2.84. The van der Waals surface area contributed by atoms with Crippen molar-refractivity contribution in [1.82, 2.24) is 4.90 Å². The fourth-order valence-corrected chi connectivity index (χ4v) is 5.25. The van der Waals surface area contributed by atoms with Crippen molar-refractivity contribution in [3.8, 4) is 5.75 Å². The molecule has 2 fully saturated rings. The molecule has 1 N–H and O–H groups in total. The number of thiocarbonyl (C=S) groups is 1. The average molecular weight is 423 g/mol. The van der Waals surface area contributed by atoms with Crippen LogP contribution >= 0.6 is 58.8 Å². The monoisotopic (exact) mass is 421 g/mol. The van der Waals surface area contributed by atoms with E-state index in [0.29, 0.717) is 14.8 Å². The number of nitrogens with zero attached hydrogens (tertiary/aromatic N) is 1. The van der Waals surface area contributed by atoms with E-state index in [1.54, 1.807) is 11.0 Å². The Balaban J connectivity index is 1.94. The number of phenolic OH excluding ortho intramolecular Hbond substituents is 1. The molecule has 24 heavy (non-hydrogen) atoms. The molecule has 1 saturated carbocycles. The molecule has 1 heterocycles. The fraction of sp³-hybridized carbons (Fsp3) is 0.375. The number of hydrogen-bond donors (Lipinski definition) is 1. The van der Waals surface area contributed by atoms with Gasteiger partial charge in [-0.3, -0.25) is 9.69 Å². The Bertz CT molecular complexity index is 745. The SMILES string of the molecule is O=C1/C(=C\c2c(Cl)cc(Cl)c(O)c2Cl)SC(=S)N1C1CCCCC1. The van der Waals surface area contributed by atoms with Crippen LogP contribution in [0.25, 0.3) is 6.08 Å². The number of benzene rings is 1. The van der Waals surface area contributed by atoms with E-state index >= 15 is 0 Å². The molecule has 1 aliphatic carbocycles. The fourth-order valence-electron chi connectivity index (χ4n) is 2.99. The van der Waals surface area contributed by atoms with E-state index < -0.39 is 0 Å². The quantitative estimate of drug-likeness (QED) is 0.477. The number of rotatable bonds is 2. The Morgan fingerprint density at radius 3 is 2.54 bits per heavy atom. The normalized spacial score (nSPS) is 21.1. The van der Waals surface area contributed by atoms with E-state index in [0.717, 1.165) is 25.7 Å². The maximum Gasteiger partial charge on any atom is 0.266 e. The van der Waals surface area contributed by atoms with Crippen LogP contribution in [-0.4, -0.2) is 26.3 Å². The van der Waals surface area contributed by atoms with E-state index in [4.69, 9.17) is 47.0 Å². The highest BCUT2D eigenvalue weighted by Gasteiger charge is 2.37. The van der Waals surface area contributed by atoms with Gasteiger partial charge in [0.25, 0.3) is 5.91 Å². The molecular formula is C16H14Cl3NO2S2. The molecule has 1 aliphatic heterocycles. The van der Waals surface area contributed by atoms with Crippen LogP contribution in [0.4, 0.5) is 0 Å². The summed E-state index contributed by atoms with van der Waals surface area (Å²) in [6.07, 6.45) is 6.96. The first-order chi connectivity index (χ1) is 11.4. The van der Waals surface area contributed by atoms with E-state index in [-0.39, 0.29) is 32.8 Å². The summed E-state index contributed by atoms with van der Waals surface area (Å²) in [5, 5.41) is 10.2. The van der Waals surface area contributed by atoms with Crippen LogP contribution in [-0.2, 0) is 4.79 Å². The zero-order valence-corrected chi connectivity index (χ0v) is 16.4.